The van der Waals surface area contributed by atoms with Crippen LogP contribution in [0.25, 0.3) is 0 Å². The monoisotopic (exact) mass is 278 g/mol. The Kier molecular flexibility index (Phi) is 5.55. The van der Waals surface area contributed by atoms with Crippen molar-refractivity contribution in [3.8, 4) is 5.75 Å². The molecule has 110 valence electrons. The molecule has 0 fully saturated rings. The van der Waals surface area contributed by atoms with Gasteiger partial charge in [0.05, 0.1) is 0 Å². The van der Waals surface area contributed by atoms with Gasteiger partial charge in [-0.05, 0) is 43.5 Å². The van der Waals surface area contributed by atoms with Crippen molar-refractivity contribution in [1.29, 1.82) is 0 Å². The zero-order valence-electron chi connectivity index (χ0n) is 12.4. The molecule has 0 aliphatic heterocycles. The van der Waals surface area contributed by atoms with Crippen LogP contribution in [-0.4, -0.2) is 29.5 Å². The van der Waals surface area contributed by atoms with E-state index in [1.165, 1.54) is 12.1 Å². The Balaban J connectivity index is 2.63. The number of aromatic hydroxyl groups is 1. The van der Waals surface area contributed by atoms with Crippen molar-refractivity contribution in [2.75, 3.05) is 6.54 Å². The van der Waals surface area contributed by atoms with Crippen LogP contribution in [0, 0.1) is 12.8 Å². The van der Waals surface area contributed by atoms with E-state index in [0.717, 1.165) is 0 Å². The smallest absolute Gasteiger partial charge is 0.252 e. The van der Waals surface area contributed by atoms with Crippen molar-refractivity contribution in [3.05, 3.63) is 29.3 Å². The van der Waals surface area contributed by atoms with Crippen LogP contribution in [0.1, 0.15) is 36.7 Å². The number of rotatable bonds is 5. The first kappa shape index (κ1) is 16.0. The lowest BCUT2D eigenvalue weighted by molar-refractivity contribution is -0.122. The fraction of sp³-hybridized carbons (Fsp3) is 0.467. The highest BCUT2D eigenvalue weighted by Gasteiger charge is 2.17. The number of amides is 2. The van der Waals surface area contributed by atoms with Gasteiger partial charge in [-0.1, -0.05) is 13.8 Å². The number of hydrogen-bond acceptors (Lipinski definition) is 3. The predicted molar refractivity (Wildman–Crippen MR) is 77.6 cm³/mol. The molecule has 3 N–H and O–H groups in total. The molecule has 0 saturated heterocycles. The van der Waals surface area contributed by atoms with Crippen molar-refractivity contribution in [3.63, 3.8) is 0 Å². The third-order valence-electron chi connectivity index (χ3n) is 2.88. The number of benzene rings is 1. The molecule has 1 unspecified atom stereocenters. The topological polar surface area (TPSA) is 78.4 Å². The Morgan fingerprint density at radius 1 is 1.25 bits per heavy atom. The molecule has 0 saturated carbocycles. The van der Waals surface area contributed by atoms with Gasteiger partial charge in [0.2, 0.25) is 5.91 Å². The first-order valence-corrected chi connectivity index (χ1v) is 6.69. The van der Waals surface area contributed by atoms with Gasteiger partial charge in [0.15, 0.2) is 0 Å². The minimum Gasteiger partial charge on any atom is -0.508 e. The number of hydrogen-bond donors (Lipinski definition) is 3. The summed E-state index contributed by atoms with van der Waals surface area (Å²) in [7, 11) is 0. The van der Waals surface area contributed by atoms with Crippen molar-refractivity contribution >= 4 is 11.8 Å². The maximum Gasteiger partial charge on any atom is 0.252 e. The van der Waals surface area contributed by atoms with Gasteiger partial charge in [-0.25, -0.2) is 0 Å². The maximum absolute atomic E-state index is 12.1. The Morgan fingerprint density at radius 2 is 1.90 bits per heavy atom. The lowest BCUT2D eigenvalue weighted by atomic mass is 10.1. The zero-order valence-corrected chi connectivity index (χ0v) is 12.4. The predicted octanol–water partition coefficient (Wildman–Crippen LogP) is 1.59. The van der Waals surface area contributed by atoms with E-state index in [9.17, 15) is 14.7 Å². The number of phenolic OH excluding ortho intramolecular Hbond substituents is 1. The molecule has 0 aliphatic carbocycles. The molecule has 0 bridgehead atoms. The van der Waals surface area contributed by atoms with Crippen LogP contribution in [0.4, 0.5) is 0 Å². The van der Waals surface area contributed by atoms with Crippen molar-refractivity contribution < 1.29 is 14.7 Å². The van der Waals surface area contributed by atoms with Gasteiger partial charge in [-0.15, -0.1) is 0 Å². The number of nitrogens with one attached hydrogen (secondary N) is 2. The van der Waals surface area contributed by atoms with E-state index in [1.807, 2.05) is 13.8 Å². The Labute approximate surface area is 119 Å². The van der Waals surface area contributed by atoms with Crippen LogP contribution in [0.5, 0.6) is 5.75 Å². The molecule has 1 atom stereocenters. The molecule has 0 heterocycles. The molecule has 1 rings (SSSR count). The second-order valence-corrected chi connectivity index (χ2v) is 5.33. The average molecular weight is 278 g/mol. The summed E-state index contributed by atoms with van der Waals surface area (Å²) in [4.78, 5) is 23.8. The molecule has 1 aromatic carbocycles. The van der Waals surface area contributed by atoms with Gasteiger partial charge in [0.25, 0.3) is 5.91 Å². The van der Waals surface area contributed by atoms with Gasteiger partial charge in [0.1, 0.15) is 11.8 Å². The lowest BCUT2D eigenvalue weighted by Gasteiger charge is -2.16. The fourth-order valence-electron chi connectivity index (χ4n) is 1.70. The number of carbonyl (C=O) groups is 2. The van der Waals surface area contributed by atoms with Crippen LogP contribution < -0.4 is 10.6 Å². The molecule has 2 amide bonds. The third kappa shape index (κ3) is 4.57. The van der Waals surface area contributed by atoms with E-state index in [-0.39, 0.29) is 17.6 Å². The summed E-state index contributed by atoms with van der Waals surface area (Å²) in [5.74, 6) is -0.0545. The van der Waals surface area contributed by atoms with E-state index in [1.54, 1.807) is 19.9 Å². The third-order valence-corrected chi connectivity index (χ3v) is 2.88. The van der Waals surface area contributed by atoms with Crippen molar-refractivity contribution in [2.24, 2.45) is 5.92 Å². The van der Waals surface area contributed by atoms with Crippen LogP contribution in [-0.2, 0) is 4.79 Å². The minimum atomic E-state index is -0.602. The Morgan fingerprint density at radius 3 is 2.45 bits per heavy atom. The van der Waals surface area contributed by atoms with Gasteiger partial charge >= 0.3 is 0 Å². The second kappa shape index (κ2) is 6.93. The fourth-order valence-corrected chi connectivity index (χ4v) is 1.70. The summed E-state index contributed by atoms with van der Waals surface area (Å²) >= 11 is 0. The van der Waals surface area contributed by atoms with E-state index in [0.29, 0.717) is 23.6 Å². The lowest BCUT2D eigenvalue weighted by Crippen LogP contribution is -2.45. The molecular formula is C15H22N2O3. The SMILES string of the molecule is Cc1cc(O)ccc1C(=O)NC(C)C(=O)NCC(C)C. The standard InChI is InChI=1S/C15H22N2O3/c1-9(2)8-16-14(19)11(4)17-15(20)13-6-5-12(18)7-10(13)3/h5-7,9,11,18H,8H2,1-4H3,(H,16,19)(H,17,20). The summed E-state index contributed by atoms with van der Waals surface area (Å²) in [5, 5.41) is 14.7. The van der Waals surface area contributed by atoms with E-state index < -0.39 is 6.04 Å². The molecule has 5 heteroatoms. The summed E-state index contributed by atoms with van der Waals surface area (Å²) in [6.45, 7) is 7.96. The zero-order chi connectivity index (χ0) is 15.3. The molecule has 0 spiro atoms. The van der Waals surface area contributed by atoms with Gasteiger partial charge in [-0.2, -0.15) is 0 Å². The van der Waals surface area contributed by atoms with Crippen LogP contribution in [0.3, 0.4) is 0 Å². The summed E-state index contributed by atoms with van der Waals surface area (Å²) < 4.78 is 0. The molecule has 5 nitrogen and oxygen atoms in total. The quantitative estimate of drug-likeness (QED) is 0.765. The van der Waals surface area contributed by atoms with Gasteiger partial charge in [-0.3, -0.25) is 9.59 Å². The highest BCUT2D eigenvalue weighted by atomic mass is 16.3. The van der Waals surface area contributed by atoms with Crippen LogP contribution >= 0.6 is 0 Å². The van der Waals surface area contributed by atoms with Crippen molar-refractivity contribution in [1.82, 2.24) is 10.6 Å². The van der Waals surface area contributed by atoms with Gasteiger partial charge < -0.3 is 15.7 Å². The summed E-state index contributed by atoms with van der Waals surface area (Å²) in [6.07, 6.45) is 0. The van der Waals surface area contributed by atoms with Gasteiger partial charge in [0, 0.05) is 12.1 Å². The highest BCUT2D eigenvalue weighted by Crippen LogP contribution is 2.15. The molecule has 20 heavy (non-hydrogen) atoms. The first-order chi connectivity index (χ1) is 9.31. The van der Waals surface area contributed by atoms with Crippen LogP contribution in [0.15, 0.2) is 18.2 Å². The molecule has 0 aliphatic rings. The minimum absolute atomic E-state index is 0.113. The number of carbonyl (C=O) groups excluding carboxylic acids is 2. The molecule has 0 aromatic heterocycles. The van der Waals surface area contributed by atoms with Crippen LogP contribution in [0.2, 0.25) is 0 Å². The van der Waals surface area contributed by atoms with Crippen molar-refractivity contribution in [2.45, 2.75) is 33.7 Å². The average Bonchev–Trinajstić information content (AvgIpc) is 2.35. The van der Waals surface area contributed by atoms with E-state index in [4.69, 9.17) is 0 Å². The number of aryl methyl sites for hydroxylation is 1. The molecular weight excluding hydrogens is 256 g/mol. The normalized spacial score (nSPS) is 12.1. The molecule has 0 radical (unpaired) electrons. The maximum atomic E-state index is 12.1. The Bertz CT molecular complexity index is 498. The first-order valence-electron chi connectivity index (χ1n) is 6.69. The highest BCUT2D eigenvalue weighted by molar-refractivity contribution is 5.98. The van der Waals surface area contributed by atoms with E-state index >= 15 is 0 Å². The summed E-state index contributed by atoms with van der Waals surface area (Å²) in [6, 6.07) is 3.90. The summed E-state index contributed by atoms with van der Waals surface area (Å²) in [5.41, 5.74) is 1.11. The molecule has 1 aromatic rings. The van der Waals surface area contributed by atoms with E-state index in [2.05, 4.69) is 10.6 Å². The Hall–Kier alpha value is -2.04. The second-order valence-electron chi connectivity index (χ2n) is 5.33. The largest absolute Gasteiger partial charge is 0.508 e. The number of phenols is 1.